The smallest absolute Gasteiger partial charge is 0.255 e. The number of carbonyl (C=O) groups excluding carboxylic acids is 5. The highest BCUT2D eigenvalue weighted by Gasteiger charge is 2.32. The monoisotopic (exact) mass is 922 g/mol. The summed E-state index contributed by atoms with van der Waals surface area (Å²) in [6.07, 6.45) is 3.56. The minimum absolute atomic E-state index is 0.0195. The first-order valence-electron chi connectivity index (χ1n) is 22.7. The molecule has 0 unspecified atom stereocenters. The largest absolute Gasteiger partial charge is 0.491 e. The molecule has 4 N–H and O–H groups in total. The van der Waals surface area contributed by atoms with E-state index in [2.05, 4.69) is 53.9 Å². The Labute approximate surface area is 388 Å². The Hall–Kier alpha value is -5.41. The zero-order valence-corrected chi connectivity index (χ0v) is 39.8. The van der Waals surface area contributed by atoms with Gasteiger partial charge in [0.05, 0.1) is 24.1 Å². The summed E-state index contributed by atoms with van der Waals surface area (Å²) >= 11 is 6.10. The van der Waals surface area contributed by atoms with Gasteiger partial charge in [0, 0.05) is 18.1 Å². The van der Waals surface area contributed by atoms with E-state index in [1.807, 2.05) is 6.92 Å². The highest BCUT2D eigenvalue weighted by atomic mass is 35.5. The van der Waals surface area contributed by atoms with Gasteiger partial charge in [-0.05, 0) is 127 Å². The lowest BCUT2D eigenvalue weighted by Crippen LogP contribution is -2.55. The van der Waals surface area contributed by atoms with Crippen LogP contribution < -0.4 is 35.5 Å². The molecule has 0 aliphatic carbocycles. The van der Waals surface area contributed by atoms with Gasteiger partial charge in [-0.15, -0.1) is 0 Å². The molecule has 5 atom stereocenters. The van der Waals surface area contributed by atoms with Crippen LogP contribution in [0.1, 0.15) is 97.3 Å². The number of nitrogens with zero attached hydrogens (tertiary/aromatic N) is 2. The Morgan fingerprint density at radius 1 is 0.892 bits per heavy atom. The lowest BCUT2D eigenvalue weighted by atomic mass is 10.1. The maximum absolute atomic E-state index is 14.3. The van der Waals surface area contributed by atoms with Crippen molar-refractivity contribution in [3.63, 3.8) is 0 Å². The van der Waals surface area contributed by atoms with E-state index in [1.165, 1.54) is 30.0 Å². The third-order valence-corrected chi connectivity index (χ3v) is 11.3. The normalized spacial score (nSPS) is 19.4. The van der Waals surface area contributed by atoms with Gasteiger partial charge in [-0.2, -0.15) is 0 Å². The summed E-state index contributed by atoms with van der Waals surface area (Å²) in [7, 11) is 1.65. The standard InChI is InChI=1S/C49H68ClFN6O8/c1-31(2)21-24-57(25-22-32(3)4)23-12-11-17-40-49(62)56(8)34(6)30-64-42-18-10-9-16-39(42)47(60)55-41(28-45(58)53-35(7)46(59)54-40)48(61)52-33(5)29-63-43-20-19-37(51)27-44(43)65-38-15-13-14-36(50)26-38/h9-10,13-16,18-20,26-27,31-35,40-41H,11-12,17,21-25,28-30H2,1-8H3,(H,52,61)(H,53,58)(H,54,59)(H,55,60)/t33-,34+,35+,40+,41+/m1/s1. The Kier molecular flexibility index (Phi) is 20.8. The van der Waals surface area contributed by atoms with Crippen LogP contribution in [0.25, 0.3) is 0 Å². The van der Waals surface area contributed by atoms with Gasteiger partial charge in [-0.3, -0.25) is 24.0 Å². The lowest BCUT2D eigenvalue weighted by Gasteiger charge is -2.30. The van der Waals surface area contributed by atoms with E-state index >= 15 is 0 Å². The second kappa shape index (κ2) is 25.9. The highest BCUT2D eigenvalue weighted by molar-refractivity contribution is 6.30. The quantitative estimate of drug-likeness (QED) is 0.0971. The molecule has 0 bridgehead atoms. The number of hydrogen-bond donors (Lipinski definition) is 4. The zero-order chi connectivity index (χ0) is 47.6. The second-order valence-corrected chi connectivity index (χ2v) is 18.2. The summed E-state index contributed by atoms with van der Waals surface area (Å²) < 4.78 is 32.2. The average molecular weight is 924 g/mol. The fraction of sp³-hybridized carbons (Fsp3) is 0.531. The van der Waals surface area contributed by atoms with Gasteiger partial charge in [0.15, 0.2) is 11.5 Å². The maximum atomic E-state index is 14.3. The molecule has 0 saturated carbocycles. The molecular weight excluding hydrogens is 855 g/mol. The number of halogens is 2. The number of ether oxygens (including phenoxy) is 3. The predicted molar refractivity (Wildman–Crippen MR) is 250 cm³/mol. The van der Waals surface area contributed by atoms with Gasteiger partial charge >= 0.3 is 0 Å². The highest BCUT2D eigenvalue weighted by Crippen LogP contribution is 2.33. The number of fused-ring (bicyclic) bond motifs is 1. The van der Waals surface area contributed by atoms with Gasteiger partial charge in [-0.25, -0.2) is 4.39 Å². The zero-order valence-electron chi connectivity index (χ0n) is 39.1. The third kappa shape index (κ3) is 17.5. The molecule has 3 aromatic carbocycles. The van der Waals surface area contributed by atoms with E-state index < -0.39 is 66.1 Å². The van der Waals surface area contributed by atoms with Crippen LogP contribution in [0.5, 0.6) is 23.0 Å². The van der Waals surface area contributed by atoms with E-state index in [4.69, 9.17) is 25.8 Å². The first-order valence-corrected chi connectivity index (χ1v) is 23.1. The third-order valence-electron chi connectivity index (χ3n) is 11.1. The molecule has 0 fully saturated rings. The van der Waals surface area contributed by atoms with Crippen LogP contribution in [0.15, 0.2) is 66.7 Å². The molecule has 0 saturated heterocycles. The number of unbranched alkanes of at least 4 members (excludes halogenated alkanes) is 1. The maximum Gasteiger partial charge on any atom is 0.255 e. The molecule has 3 aromatic rings. The fourth-order valence-corrected chi connectivity index (χ4v) is 7.14. The van der Waals surface area contributed by atoms with E-state index in [1.54, 1.807) is 56.4 Å². The molecule has 65 heavy (non-hydrogen) atoms. The van der Waals surface area contributed by atoms with Gasteiger partial charge in [0.25, 0.3) is 5.91 Å². The molecular formula is C49H68ClFN6O8. The van der Waals surface area contributed by atoms with Crippen molar-refractivity contribution in [3.05, 3.63) is 83.1 Å². The minimum Gasteiger partial charge on any atom is -0.491 e. The number of likely N-dealkylation sites (N-methyl/N-ethyl adjacent to an activating group) is 1. The van der Waals surface area contributed by atoms with Crippen molar-refractivity contribution in [2.75, 3.05) is 39.9 Å². The predicted octanol–water partition coefficient (Wildman–Crippen LogP) is 7.14. The summed E-state index contributed by atoms with van der Waals surface area (Å²) in [6, 6.07) is 12.3. The van der Waals surface area contributed by atoms with Crippen LogP contribution in [0.4, 0.5) is 4.39 Å². The van der Waals surface area contributed by atoms with E-state index in [0.29, 0.717) is 35.4 Å². The molecule has 0 aromatic heterocycles. The Morgan fingerprint density at radius 3 is 2.29 bits per heavy atom. The van der Waals surface area contributed by atoms with Crippen LogP contribution in [0.3, 0.4) is 0 Å². The van der Waals surface area contributed by atoms with Crippen molar-refractivity contribution in [1.29, 1.82) is 0 Å². The molecule has 356 valence electrons. The minimum atomic E-state index is -1.41. The van der Waals surface area contributed by atoms with Crippen molar-refractivity contribution in [1.82, 2.24) is 31.1 Å². The van der Waals surface area contributed by atoms with Gasteiger partial charge in [0.2, 0.25) is 23.6 Å². The van der Waals surface area contributed by atoms with Gasteiger partial charge < -0.3 is 45.3 Å². The van der Waals surface area contributed by atoms with Gasteiger partial charge in [-0.1, -0.05) is 57.5 Å². The topological polar surface area (TPSA) is 168 Å². The Balaban J connectivity index is 1.50. The van der Waals surface area contributed by atoms with Crippen molar-refractivity contribution in [2.45, 2.75) is 117 Å². The first-order chi connectivity index (χ1) is 30.9. The number of hydrogen-bond acceptors (Lipinski definition) is 9. The molecule has 1 aliphatic heterocycles. The van der Waals surface area contributed by atoms with E-state index in [9.17, 15) is 28.4 Å². The lowest BCUT2D eigenvalue weighted by molar-refractivity contribution is -0.138. The molecule has 5 amide bonds. The first kappa shape index (κ1) is 52.2. The SMILES string of the molecule is CC(C)CCN(CCCC[C@@H]1NC(=O)[C@H](C)NC(=O)C[C@@H](C(=O)N[C@H](C)COc2ccc(F)cc2Oc2cccc(Cl)c2)NC(=O)c2ccccc2OC[C@H](C)N(C)C1=O)CCC(C)C. The van der Waals surface area contributed by atoms with Gasteiger partial charge in [0.1, 0.15) is 48.7 Å². The molecule has 14 nitrogen and oxygen atoms in total. The molecule has 16 heteroatoms. The number of rotatable bonds is 18. The van der Waals surface area contributed by atoms with Crippen molar-refractivity contribution >= 4 is 41.1 Å². The van der Waals surface area contributed by atoms with Crippen molar-refractivity contribution in [3.8, 4) is 23.0 Å². The van der Waals surface area contributed by atoms with Crippen LogP contribution in [-0.2, 0) is 19.2 Å². The van der Waals surface area contributed by atoms with Crippen LogP contribution >= 0.6 is 11.6 Å². The molecule has 0 radical (unpaired) electrons. The number of benzene rings is 3. The second-order valence-electron chi connectivity index (χ2n) is 17.8. The number of para-hydroxylation sites is 1. The Morgan fingerprint density at radius 2 is 1.60 bits per heavy atom. The fourth-order valence-electron chi connectivity index (χ4n) is 6.96. The molecule has 4 rings (SSSR count). The summed E-state index contributed by atoms with van der Waals surface area (Å²) in [5.74, 6) is -1.52. The number of carbonyl (C=O) groups is 5. The molecule has 1 aliphatic rings. The number of nitrogens with one attached hydrogen (secondary N) is 4. The summed E-state index contributed by atoms with van der Waals surface area (Å²) in [4.78, 5) is 73.1. The number of amides is 5. The average Bonchev–Trinajstić information content (AvgIpc) is 3.25. The van der Waals surface area contributed by atoms with Crippen LogP contribution in [0.2, 0.25) is 5.02 Å². The van der Waals surface area contributed by atoms with Crippen LogP contribution in [0, 0.1) is 17.7 Å². The summed E-state index contributed by atoms with van der Waals surface area (Å²) in [5, 5.41) is 11.4. The summed E-state index contributed by atoms with van der Waals surface area (Å²) in [6.45, 7) is 16.6. The van der Waals surface area contributed by atoms with Crippen LogP contribution in [-0.4, -0.2) is 109 Å². The van der Waals surface area contributed by atoms with E-state index in [0.717, 1.165) is 45.0 Å². The van der Waals surface area contributed by atoms with Crippen molar-refractivity contribution in [2.24, 2.45) is 11.8 Å². The Bertz CT molecular complexity index is 2040. The molecule has 0 spiro atoms. The molecule has 1 heterocycles. The van der Waals surface area contributed by atoms with E-state index in [-0.39, 0.29) is 41.9 Å². The summed E-state index contributed by atoms with van der Waals surface area (Å²) in [5.41, 5.74) is 0.107. The van der Waals surface area contributed by atoms with Crippen molar-refractivity contribution < 1.29 is 42.6 Å².